The minimum Gasteiger partial charge on any atom is -0.350 e. The lowest BCUT2D eigenvalue weighted by molar-refractivity contribution is -0.120. The van der Waals surface area contributed by atoms with Crippen LogP contribution in [0, 0.1) is 11.6 Å². The molecule has 0 spiro atoms. The maximum absolute atomic E-state index is 13.5. The SMILES string of the molecule is O=C(Cc1ccc(F)cc1F)NCc1cn(-c2ccncc2)nn1. The third-order valence-electron chi connectivity index (χ3n) is 3.30. The van der Waals surface area contributed by atoms with E-state index in [2.05, 4.69) is 20.6 Å². The normalized spacial score (nSPS) is 10.6. The van der Waals surface area contributed by atoms with E-state index in [1.54, 1.807) is 35.4 Å². The van der Waals surface area contributed by atoms with Gasteiger partial charge in [0.1, 0.15) is 17.3 Å². The third-order valence-corrected chi connectivity index (χ3v) is 3.30. The van der Waals surface area contributed by atoms with E-state index in [4.69, 9.17) is 0 Å². The van der Waals surface area contributed by atoms with Gasteiger partial charge in [-0.3, -0.25) is 9.78 Å². The standard InChI is InChI=1S/C16H13F2N5O/c17-12-2-1-11(15(18)8-12)7-16(24)20-9-13-10-23(22-21-13)14-3-5-19-6-4-14/h1-6,8,10H,7,9H2,(H,20,24). The van der Waals surface area contributed by atoms with E-state index in [1.807, 2.05) is 0 Å². The van der Waals surface area contributed by atoms with E-state index in [9.17, 15) is 13.6 Å². The highest BCUT2D eigenvalue weighted by Crippen LogP contribution is 2.10. The molecular weight excluding hydrogens is 316 g/mol. The van der Waals surface area contributed by atoms with Gasteiger partial charge in [0.15, 0.2) is 0 Å². The number of nitrogens with zero attached hydrogens (tertiary/aromatic N) is 4. The number of halogens is 2. The average molecular weight is 329 g/mol. The van der Waals surface area contributed by atoms with Crippen molar-refractivity contribution < 1.29 is 13.6 Å². The quantitative estimate of drug-likeness (QED) is 0.775. The summed E-state index contributed by atoms with van der Waals surface area (Å²) in [5.41, 5.74) is 1.48. The Bertz CT molecular complexity index is 851. The van der Waals surface area contributed by atoms with Crippen LogP contribution in [0.1, 0.15) is 11.3 Å². The van der Waals surface area contributed by atoms with Gasteiger partial charge in [-0.15, -0.1) is 5.10 Å². The van der Waals surface area contributed by atoms with Crippen LogP contribution in [-0.2, 0) is 17.8 Å². The second-order valence-corrected chi connectivity index (χ2v) is 5.05. The number of amides is 1. The first-order valence-corrected chi connectivity index (χ1v) is 7.14. The highest BCUT2D eigenvalue weighted by atomic mass is 19.1. The van der Waals surface area contributed by atoms with Gasteiger partial charge < -0.3 is 5.32 Å². The Morgan fingerprint density at radius 2 is 1.96 bits per heavy atom. The average Bonchev–Trinajstić information content (AvgIpc) is 3.05. The van der Waals surface area contributed by atoms with Crippen LogP contribution < -0.4 is 5.32 Å². The highest BCUT2D eigenvalue weighted by molar-refractivity contribution is 5.78. The summed E-state index contributed by atoms with van der Waals surface area (Å²) in [5.74, 6) is -1.81. The van der Waals surface area contributed by atoms with Gasteiger partial charge in [-0.05, 0) is 23.8 Å². The predicted molar refractivity (Wildman–Crippen MR) is 81.1 cm³/mol. The zero-order chi connectivity index (χ0) is 16.9. The largest absolute Gasteiger partial charge is 0.350 e. The van der Waals surface area contributed by atoms with E-state index in [0.29, 0.717) is 5.69 Å². The van der Waals surface area contributed by atoms with Crippen LogP contribution in [0.3, 0.4) is 0 Å². The summed E-state index contributed by atoms with van der Waals surface area (Å²) in [6, 6.07) is 6.67. The molecule has 1 aromatic carbocycles. The fourth-order valence-corrected chi connectivity index (χ4v) is 2.09. The van der Waals surface area contributed by atoms with Gasteiger partial charge in [-0.1, -0.05) is 11.3 Å². The number of carbonyl (C=O) groups excluding carboxylic acids is 1. The van der Waals surface area contributed by atoms with Crippen molar-refractivity contribution in [1.29, 1.82) is 0 Å². The first-order chi connectivity index (χ1) is 11.6. The monoisotopic (exact) mass is 329 g/mol. The Morgan fingerprint density at radius 3 is 2.71 bits per heavy atom. The molecule has 6 nitrogen and oxygen atoms in total. The van der Waals surface area contributed by atoms with Crippen LogP contribution in [0.15, 0.2) is 48.9 Å². The van der Waals surface area contributed by atoms with Crippen LogP contribution in [0.25, 0.3) is 5.69 Å². The molecule has 0 saturated carbocycles. The number of aromatic nitrogens is 4. The molecule has 3 aromatic rings. The Labute approximate surface area is 136 Å². The molecule has 0 aliphatic rings. The van der Waals surface area contributed by atoms with Crippen molar-refractivity contribution in [3.05, 3.63) is 71.8 Å². The van der Waals surface area contributed by atoms with E-state index in [0.717, 1.165) is 17.8 Å². The van der Waals surface area contributed by atoms with Gasteiger partial charge in [0.2, 0.25) is 5.91 Å². The molecule has 0 aliphatic carbocycles. The summed E-state index contributed by atoms with van der Waals surface area (Å²) < 4.78 is 27.9. The number of hydrogen-bond donors (Lipinski definition) is 1. The molecular formula is C16H13F2N5O. The predicted octanol–water partition coefficient (Wildman–Crippen LogP) is 1.80. The molecule has 0 saturated heterocycles. The van der Waals surface area contributed by atoms with Gasteiger partial charge >= 0.3 is 0 Å². The van der Waals surface area contributed by atoms with E-state index in [-0.39, 0.29) is 24.4 Å². The molecule has 1 N–H and O–H groups in total. The maximum atomic E-state index is 13.5. The van der Waals surface area contributed by atoms with Gasteiger partial charge in [-0.2, -0.15) is 0 Å². The van der Waals surface area contributed by atoms with Crippen LogP contribution in [0.5, 0.6) is 0 Å². The van der Waals surface area contributed by atoms with E-state index < -0.39 is 11.6 Å². The summed E-state index contributed by atoms with van der Waals surface area (Å²) in [6.07, 6.45) is 4.77. The Kier molecular flexibility index (Phi) is 4.55. The molecule has 0 bridgehead atoms. The summed E-state index contributed by atoms with van der Waals surface area (Å²) >= 11 is 0. The minimum absolute atomic E-state index is 0.134. The van der Waals surface area contributed by atoms with Crippen LogP contribution in [0.4, 0.5) is 8.78 Å². The fraction of sp³-hybridized carbons (Fsp3) is 0.125. The summed E-state index contributed by atoms with van der Waals surface area (Å²) in [4.78, 5) is 15.8. The second kappa shape index (κ2) is 6.95. The van der Waals surface area contributed by atoms with Crippen molar-refractivity contribution in [3.8, 4) is 5.69 Å². The van der Waals surface area contributed by atoms with Gasteiger partial charge in [-0.25, -0.2) is 13.5 Å². The molecule has 0 aliphatic heterocycles. The molecule has 0 radical (unpaired) electrons. The van der Waals surface area contributed by atoms with Gasteiger partial charge in [0, 0.05) is 18.5 Å². The lowest BCUT2D eigenvalue weighted by Gasteiger charge is -2.04. The second-order valence-electron chi connectivity index (χ2n) is 5.05. The molecule has 8 heteroatoms. The fourth-order valence-electron chi connectivity index (χ4n) is 2.09. The highest BCUT2D eigenvalue weighted by Gasteiger charge is 2.10. The molecule has 2 heterocycles. The van der Waals surface area contributed by atoms with E-state index in [1.165, 1.54) is 6.07 Å². The van der Waals surface area contributed by atoms with Gasteiger partial charge in [0.25, 0.3) is 0 Å². The minimum atomic E-state index is -0.742. The van der Waals surface area contributed by atoms with Crippen molar-refractivity contribution in [2.45, 2.75) is 13.0 Å². The molecule has 0 atom stereocenters. The summed E-state index contributed by atoms with van der Waals surface area (Å²) in [7, 11) is 0. The van der Waals surface area contributed by atoms with Crippen LogP contribution in [-0.4, -0.2) is 25.9 Å². The number of benzene rings is 1. The van der Waals surface area contributed by atoms with Crippen molar-refractivity contribution in [2.24, 2.45) is 0 Å². The van der Waals surface area contributed by atoms with Crippen molar-refractivity contribution in [3.63, 3.8) is 0 Å². The van der Waals surface area contributed by atoms with Gasteiger partial charge in [0.05, 0.1) is 24.8 Å². The zero-order valence-electron chi connectivity index (χ0n) is 12.5. The Hall–Kier alpha value is -3.16. The lowest BCUT2D eigenvalue weighted by atomic mass is 10.1. The smallest absolute Gasteiger partial charge is 0.224 e. The van der Waals surface area contributed by atoms with Crippen molar-refractivity contribution in [2.75, 3.05) is 0 Å². The number of carbonyl (C=O) groups is 1. The zero-order valence-corrected chi connectivity index (χ0v) is 12.5. The Morgan fingerprint density at radius 1 is 1.17 bits per heavy atom. The summed E-state index contributed by atoms with van der Waals surface area (Å²) in [5, 5.41) is 10.5. The third kappa shape index (κ3) is 3.78. The molecule has 3 rings (SSSR count). The topological polar surface area (TPSA) is 72.7 Å². The number of hydrogen-bond acceptors (Lipinski definition) is 4. The molecule has 0 fully saturated rings. The molecule has 2 aromatic heterocycles. The van der Waals surface area contributed by atoms with Crippen molar-refractivity contribution >= 4 is 5.91 Å². The first kappa shape index (κ1) is 15.7. The Balaban J connectivity index is 1.58. The van der Waals surface area contributed by atoms with Crippen LogP contribution >= 0.6 is 0 Å². The number of nitrogens with one attached hydrogen (secondary N) is 1. The van der Waals surface area contributed by atoms with Crippen molar-refractivity contribution in [1.82, 2.24) is 25.3 Å². The molecule has 1 amide bonds. The molecule has 24 heavy (non-hydrogen) atoms. The number of pyridine rings is 1. The first-order valence-electron chi connectivity index (χ1n) is 7.14. The molecule has 0 unspecified atom stereocenters. The van der Waals surface area contributed by atoms with E-state index >= 15 is 0 Å². The maximum Gasteiger partial charge on any atom is 0.224 e. The molecule has 122 valence electrons. The summed E-state index contributed by atoms with van der Waals surface area (Å²) in [6.45, 7) is 0.159. The lowest BCUT2D eigenvalue weighted by Crippen LogP contribution is -2.25. The van der Waals surface area contributed by atoms with Crippen LogP contribution in [0.2, 0.25) is 0 Å². The number of rotatable bonds is 5.